The van der Waals surface area contributed by atoms with Crippen LogP contribution >= 0.6 is 0 Å². The van der Waals surface area contributed by atoms with E-state index in [1.54, 1.807) is 0 Å². The third kappa shape index (κ3) is 0.278. The summed E-state index contributed by atoms with van der Waals surface area (Å²) in [4.78, 5) is 0. The molecule has 0 spiro atoms. The molecule has 0 saturated heterocycles. The molecule has 5 aliphatic carbocycles. The van der Waals surface area contributed by atoms with Gasteiger partial charge in [0, 0.05) is 0 Å². The average Bonchev–Trinajstić information content (AvgIpc) is 1.92. The second kappa shape index (κ2) is 1.25. The first kappa shape index (κ1) is 5.26. The van der Waals surface area contributed by atoms with E-state index in [9.17, 15) is 0 Å². The van der Waals surface area contributed by atoms with E-state index >= 15 is 0 Å². The van der Waals surface area contributed by atoms with E-state index in [0.29, 0.717) is 0 Å². The van der Waals surface area contributed by atoms with Crippen molar-refractivity contribution in [3.05, 3.63) is 24.3 Å². The zero-order chi connectivity index (χ0) is 7.45. The van der Waals surface area contributed by atoms with Crippen molar-refractivity contribution in [1.29, 1.82) is 0 Å². The van der Waals surface area contributed by atoms with Crippen molar-refractivity contribution >= 4 is 0 Å². The minimum absolute atomic E-state index is 0.977. The maximum Gasteiger partial charge on any atom is -0.0133 e. The van der Waals surface area contributed by atoms with E-state index in [0.717, 1.165) is 47.3 Å². The Kier molecular flexibility index (Phi) is 0.547. The van der Waals surface area contributed by atoms with Crippen LogP contribution in [-0.4, -0.2) is 0 Å². The molecular formula is C12H12. The molecule has 0 aromatic heterocycles. The monoisotopic (exact) mass is 156 g/mol. The van der Waals surface area contributed by atoms with Crippen LogP contribution in [-0.2, 0) is 0 Å². The highest BCUT2D eigenvalue weighted by atomic mass is 14.8. The van der Waals surface area contributed by atoms with Gasteiger partial charge in [0.25, 0.3) is 0 Å². The van der Waals surface area contributed by atoms with Crippen LogP contribution in [0, 0.1) is 47.3 Å². The van der Waals surface area contributed by atoms with E-state index in [4.69, 9.17) is 0 Å². The molecule has 60 valence electrons. The van der Waals surface area contributed by atoms with Gasteiger partial charge in [0.15, 0.2) is 0 Å². The van der Waals surface area contributed by atoms with Crippen molar-refractivity contribution in [3.63, 3.8) is 0 Å². The van der Waals surface area contributed by atoms with E-state index in [-0.39, 0.29) is 0 Å². The van der Waals surface area contributed by atoms with Crippen LogP contribution < -0.4 is 0 Å². The third-order valence-electron chi connectivity index (χ3n) is 5.56. The van der Waals surface area contributed by atoms with Gasteiger partial charge in [0.2, 0.25) is 0 Å². The minimum atomic E-state index is 0.977. The topological polar surface area (TPSA) is 0 Å². The molecule has 0 aliphatic heterocycles. The molecule has 3 saturated carbocycles. The fourth-order valence-corrected chi connectivity index (χ4v) is 5.21. The fraction of sp³-hybridized carbons (Fsp3) is 0.667. The molecule has 3 fully saturated rings. The maximum absolute atomic E-state index is 2.54. The Morgan fingerprint density at radius 3 is 0.917 bits per heavy atom. The Hall–Kier alpha value is -0.520. The normalized spacial score (nSPS) is 77.3. The van der Waals surface area contributed by atoms with Crippen molar-refractivity contribution in [2.24, 2.45) is 47.3 Å². The quantitative estimate of drug-likeness (QED) is 0.471. The van der Waals surface area contributed by atoms with Gasteiger partial charge in [-0.25, -0.2) is 0 Å². The van der Waals surface area contributed by atoms with Crippen molar-refractivity contribution in [2.75, 3.05) is 0 Å². The molecule has 0 radical (unpaired) electrons. The van der Waals surface area contributed by atoms with E-state index in [1.165, 1.54) is 0 Å². The van der Waals surface area contributed by atoms with E-state index in [2.05, 4.69) is 24.3 Å². The summed E-state index contributed by atoms with van der Waals surface area (Å²) < 4.78 is 0. The molecular weight excluding hydrogens is 144 g/mol. The van der Waals surface area contributed by atoms with Gasteiger partial charge in [-0.15, -0.1) is 0 Å². The van der Waals surface area contributed by atoms with Gasteiger partial charge in [-0.05, 0) is 47.3 Å². The molecule has 0 amide bonds. The average molecular weight is 156 g/mol. The fourth-order valence-electron chi connectivity index (χ4n) is 5.21. The van der Waals surface area contributed by atoms with Crippen molar-refractivity contribution in [1.82, 2.24) is 0 Å². The first-order chi connectivity index (χ1) is 5.97. The smallest absolute Gasteiger partial charge is 0.0133 e. The molecule has 0 aromatic rings. The highest BCUT2D eigenvalue weighted by Crippen LogP contribution is 2.80. The third-order valence-corrected chi connectivity index (χ3v) is 5.56. The van der Waals surface area contributed by atoms with Crippen LogP contribution in [0.2, 0.25) is 0 Å². The van der Waals surface area contributed by atoms with Crippen LogP contribution in [0.5, 0.6) is 0 Å². The highest BCUT2D eigenvalue weighted by molar-refractivity contribution is 5.38. The zero-order valence-corrected chi connectivity index (χ0v) is 6.93. The summed E-state index contributed by atoms with van der Waals surface area (Å²) in [5.74, 6) is 8.50. The molecule has 0 bridgehead atoms. The number of rotatable bonds is 0. The molecule has 0 nitrogen and oxygen atoms in total. The second-order valence-corrected chi connectivity index (χ2v) is 5.39. The highest BCUT2D eigenvalue weighted by Gasteiger charge is 2.75. The van der Waals surface area contributed by atoms with Crippen LogP contribution in [0.25, 0.3) is 0 Å². The number of fused-ring (bicyclic) bond motifs is 2. The molecule has 0 aromatic carbocycles. The molecule has 0 heteroatoms. The maximum atomic E-state index is 2.54. The lowest BCUT2D eigenvalue weighted by Gasteiger charge is -2.80. The van der Waals surface area contributed by atoms with Crippen molar-refractivity contribution in [2.45, 2.75) is 0 Å². The molecule has 0 unspecified atom stereocenters. The summed E-state index contributed by atoms with van der Waals surface area (Å²) in [5.41, 5.74) is 0. The standard InChI is InChI=1S/C12H12/c1-2-6-8-4-3-7-5(1)9-10(6)12(8)11(7)9/h1-12H. The summed E-state index contributed by atoms with van der Waals surface area (Å²) in [6.07, 6.45) is 10.2. The second-order valence-electron chi connectivity index (χ2n) is 5.39. The van der Waals surface area contributed by atoms with Gasteiger partial charge >= 0.3 is 0 Å². The molecule has 0 N–H and O–H groups in total. The minimum Gasteiger partial charge on any atom is -0.0842 e. The Morgan fingerprint density at radius 1 is 0.417 bits per heavy atom. The van der Waals surface area contributed by atoms with Crippen molar-refractivity contribution in [3.8, 4) is 0 Å². The Bertz CT molecular complexity index is 264. The zero-order valence-electron chi connectivity index (χ0n) is 6.93. The summed E-state index contributed by atoms with van der Waals surface area (Å²) in [6, 6.07) is 0. The molecule has 5 rings (SSSR count). The van der Waals surface area contributed by atoms with Crippen LogP contribution in [0.1, 0.15) is 0 Å². The molecule has 5 aliphatic rings. The SMILES string of the molecule is C1=CC2C3C=CC4C1C1C4C3C21. The summed E-state index contributed by atoms with van der Waals surface area (Å²) in [6.45, 7) is 0. The van der Waals surface area contributed by atoms with Gasteiger partial charge in [0.05, 0.1) is 0 Å². The Labute approximate surface area is 72.3 Å². The van der Waals surface area contributed by atoms with Gasteiger partial charge in [-0.1, -0.05) is 24.3 Å². The van der Waals surface area contributed by atoms with Gasteiger partial charge in [0.1, 0.15) is 0 Å². The predicted molar refractivity (Wildman–Crippen MR) is 46.2 cm³/mol. The van der Waals surface area contributed by atoms with Crippen LogP contribution in [0.3, 0.4) is 0 Å². The summed E-state index contributed by atoms with van der Waals surface area (Å²) in [7, 11) is 0. The van der Waals surface area contributed by atoms with Crippen LogP contribution in [0.15, 0.2) is 24.3 Å². The van der Waals surface area contributed by atoms with Gasteiger partial charge in [-0.2, -0.15) is 0 Å². The molecule has 0 heterocycles. The van der Waals surface area contributed by atoms with Gasteiger partial charge in [-0.3, -0.25) is 0 Å². The molecule has 12 heavy (non-hydrogen) atoms. The van der Waals surface area contributed by atoms with Crippen molar-refractivity contribution < 1.29 is 0 Å². The summed E-state index contributed by atoms with van der Waals surface area (Å²) >= 11 is 0. The number of hydrogen-bond donors (Lipinski definition) is 0. The van der Waals surface area contributed by atoms with E-state index in [1.807, 2.05) is 0 Å². The number of hydrogen-bond acceptors (Lipinski definition) is 0. The number of allylic oxidation sites excluding steroid dienone is 4. The largest absolute Gasteiger partial charge is 0.0842 e. The first-order valence-electron chi connectivity index (χ1n) is 5.33. The van der Waals surface area contributed by atoms with Gasteiger partial charge < -0.3 is 0 Å². The lowest BCUT2D eigenvalue weighted by molar-refractivity contribution is -0.283. The molecule has 0 atom stereocenters. The predicted octanol–water partition coefficient (Wildman–Crippen LogP) is 2.10. The Morgan fingerprint density at radius 2 is 0.667 bits per heavy atom. The van der Waals surface area contributed by atoms with Crippen LogP contribution in [0.4, 0.5) is 0 Å². The summed E-state index contributed by atoms with van der Waals surface area (Å²) in [5, 5.41) is 0. The Balaban J connectivity index is 1.85. The lowest BCUT2D eigenvalue weighted by atomic mass is 9.24. The lowest BCUT2D eigenvalue weighted by Crippen LogP contribution is -2.76. The van der Waals surface area contributed by atoms with E-state index < -0.39 is 0 Å². The first-order valence-corrected chi connectivity index (χ1v) is 5.33.